The van der Waals surface area contributed by atoms with Gasteiger partial charge in [0, 0.05) is 22.7 Å². The lowest BCUT2D eigenvalue weighted by atomic mass is 10.2. The summed E-state index contributed by atoms with van der Waals surface area (Å²) in [6.07, 6.45) is 3.54. The maximum Gasteiger partial charge on any atom is 0.199 e. The molecule has 31 heavy (non-hydrogen) atoms. The predicted octanol–water partition coefficient (Wildman–Crippen LogP) is 4.80. The molecule has 0 spiro atoms. The summed E-state index contributed by atoms with van der Waals surface area (Å²) < 4.78 is 9.59. The molecule has 0 saturated carbocycles. The van der Waals surface area contributed by atoms with Crippen LogP contribution < -0.4 is 4.74 Å². The molecule has 0 saturated heterocycles. The highest BCUT2D eigenvalue weighted by atomic mass is 32.1. The van der Waals surface area contributed by atoms with Gasteiger partial charge in [0.25, 0.3) is 0 Å². The minimum absolute atomic E-state index is 0.522. The summed E-state index contributed by atoms with van der Waals surface area (Å²) in [4.78, 5) is 25.6. The molecule has 5 aromatic rings. The maximum atomic E-state index is 11.4. The van der Waals surface area contributed by atoms with Gasteiger partial charge in [-0.2, -0.15) is 0 Å². The number of aldehydes is 1. The van der Waals surface area contributed by atoms with Gasteiger partial charge in [0.2, 0.25) is 0 Å². The molecule has 0 radical (unpaired) electrons. The number of pyridine rings is 2. The zero-order chi connectivity index (χ0) is 21.7. The van der Waals surface area contributed by atoms with Gasteiger partial charge >= 0.3 is 0 Å². The number of rotatable bonds is 5. The van der Waals surface area contributed by atoms with Crippen LogP contribution in [0.1, 0.15) is 33.7 Å². The van der Waals surface area contributed by atoms with Crippen LogP contribution in [0, 0.1) is 13.8 Å². The van der Waals surface area contributed by atoms with Gasteiger partial charge in [-0.05, 0) is 44.5 Å². The van der Waals surface area contributed by atoms with Gasteiger partial charge in [0.05, 0.1) is 29.7 Å². The number of hydrogen-bond donors (Lipinski definition) is 0. The highest BCUT2D eigenvalue weighted by Gasteiger charge is 2.22. The smallest absolute Gasteiger partial charge is 0.199 e. The molecule has 0 amide bonds. The minimum Gasteiger partial charge on any atom is -0.482 e. The van der Waals surface area contributed by atoms with Crippen molar-refractivity contribution in [1.29, 1.82) is 0 Å². The first-order valence-electron chi connectivity index (χ1n) is 10.0. The van der Waals surface area contributed by atoms with E-state index in [4.69, 9.17) is 14.7 Å². The largest absolute Gasteiger partial charge is 0.482 e. The van der Waals surface area contributed by atoms with Crippen molar-refractivity contribution < 1.29 is 9.53 Å². The molecule has 0 N–H and O–H groups in total. The molecule has 5 aromatic heterocycles. The first-order valence-corrected chi connectivity index (χ1v) is 10.8. The maximum absolute atomic E-state index is 11.4. The summed E-state index contributed by atoms with van der Waals surface area (Å²) in [6, 6.07) is 9.76. The van der Waals surface area contributed by atoms with Gasteiger partial charge < -0.3 is 4.74 Å². The van der Waals surface area contributed by atoms with Crippen molar-refractivity contribution in [1.82, 2.24) is 23.9 Å². The number of ether oxygens (including phenoxy) is 1. The number of carbonyl (C=O) groups is 1. The quantitative estimate of drug-likeness (QED) is 0.374. The molecule has 5 rings (SSSR count). The van der Waals surface area contributed by atoms with E-state index in [1.54, 1.807) is 30.6 Å². The molecule has 5 heterocycles. The van der Waals surface area contributed by atoms with Crippen molar-refractivity contribution in [3.63, 3.8) is 0 Å². The van der Waals surface area contributed by atoms with E-state index in [0.29, 0.717) is 17.1 Å². The second-order valence-electron chi connectivity index (χ2n) is 7.34. The van der Waals surface area contributed by atoms with Crippen LogP contribution in [0.2, 0.25) is 0 Å². The Labute approximate surface area is 183 Å². The van der Waals surface area contributed by atoms with E-state index in [9.17, 15) is 4.79 Å². The van der Waals surface area contributed by atoms with Crippen LogP contribution in [-0.4, -0.2) is 37.3 Å². The number of imidazole rings is 1. The minimum atomic E-state index is 0.522. The third-order valence-corrected chi connectivity index (χ3v) is 6.33. The van der Waals surface area contributed by atoms with Crippen LogP contribution in [0.5, 0.6) is 5.88 Å². The van der Waals surface area contributed by atoms with E-state index in [1.807, 2.05) is 24.4 Å². The van der Waals surface area contributed by atoms with Crippen LogP contribution in [0.4, 0.5) is 0 Å². The Morgan fingerprint density at radius 3 is 2.68 bits per heavy atom. The summed E-state index contributed by atoms with van der Waals surface area (Å²) in [5, 5.41) is 3.01. The van der Waals surface area contributed by atoms with Crippen LogP contribution in [0.25, 0.3) is 33.1 Å². The third-order valence-electron chi connectivity index (χ3n) is 5.43. The molecule has 0 aromatic carbocycles. The van der Waals surface area contributed by atoms with E-state index < -0.39 is 0 Å². The van der Waals surface area contributed by atoms with Gasteiger partial charge in [-0.3, -0.25) is 13.8 Å². The number of aromatic nitrogens is 5. The van der Waals surface area contributed by atoms with Gasteiger partial charge in [-0.15, -0.1) is 11.3 Å². The number of hydrogen-bond acceptors (Lipinski definition) is 6. The first kappa shape index (κ1) is 19.4. The molecule has 156 valence electrons. The van der Waals surface area contributed by atoms with E-state index in [2.05, 4.69) is 34.7 Å². The van der Waals surface area contributed by atoms with Crippen LogP contribution in [0.15, 0.2) is 36.5 Å². The Balaban J connectivity index is 1.86. The lowest BCUT2D eigenvalue weighted by Gasteiger charge is -2.08. The van der Waals surface area contributed by atoms with Crippen molar-refractivity contribution in [2.45, 2.75) is 27.2 Å². The van der Waals surface area contributed by atoms with Crippen molar-refractivity contribution in [3.8, 4) is 22.3 Å². The summed E-state index contributed by atoms with van der Waals surface area (Å²) in [5.74, 6) is 0.568. The standard InChI is InChI=1S/C23H21N5O2S/c1-5-17-7-6-16-10-18(28(23(16)25-17)21-11-24-14(3)31-21)22-13(2)27-19(26-22)8-15(12-29)9-20(27)30-4/h6-12H,5H2,1-4H3. The van der Waals surface area contributed by atoms with Crippen LogP contribution >= 0.6 is 11.3 Å². The normalized spacial score (nSPS) is 11.5. The number of carbonyl (C=O) groups excluding carboxylic acids is 1. The van der Waals surface area contributed by atoms with E-state index in [1.165, 1.54) is 0 Å². The Hall–Kier alpha value is -3.52. The molecular formula is C23H21N5O2S. The fourth-order valence-electron chi connectivity index (χ4n) is 3.92. The number of nitrogens with zero attached hydrogens (tertiary/aromatic N) is 5. The summed E-state index contributed by atoms with van der Waals surface area (Å²) in [6.45, 7) is 6.10. The molecule has 0 fully saturated rings. The highest BCUT2D eigenvalue weighted by molar-refractivity contribution is 7.14. The molecular weight excluding hydrogens is 410 g/mol. The SMILES string of the molecule is CCc1ccc2cc(-c3nc4cc(C=O)cc(OC)n4c3C)n(-c3cnc(C)s3)c2n1. The Bertz CT molecular complexity index is 1460. The monoisotopic (exact) mass is 431 g/mol. The number of aryl methyl sites for hydroxylation is 3. The predicted molar refractivity (Wildman–Crippen MR) is 122 cm³/mol. The van der Waals surface area contributed by atoms with Crippen LogP contribution in [0.3, 0.4) is 0 Å². The number of fused-ring (bicyclic) bond motifs is 2. The van der Waals surface area contributed by atoms with Gasteiger partial charge in [0.1, 0.15) is 28.3 Å². The van der Waals surface area contributed by atoms with E-state index >= 15 is 0 Å². The molecule has 0 bridgehead atoms. The number of methoxy groups -OCH3 is 1. The summed E-state index contributed by atoms with van der Waals surface area (Å²) in [7, 11) is 1.59. The first-order chi connectivity index (χ1) is 15.0. The third kappa shape index (κ3) is 3.02. The number of thiazole rings is 1. The lowest BCUT2D eigenvalue weighted by molar-refractivity contribution is 0.112. The fraction of sp³-hybridized carbons (Fsp3) is 0.217. The second kappa shape index (κ2) is 7.31. The Morgan fingerprint density at radius 1 is 1.16 bits per heavy atom. The molecule has 0 atom stereocenters. The lowest BCUT2D eigenvalue weighted by Crippen LogP contribution is -1.99. The fourth-order valence-corrected chi connectivity index (χ4v) is 4.71. The van der Waals surface area contributed by atoms with Crippen molar-refractivity contribution in [3.05, 3.63) is 58.5 Å². The average Bonchev–Trinajstić information content (AvgIpc) is 3.47. The van der Waals surface area contributed by atoms with Gasteiger partial charge in [0.15, 0.2) is 5.88 Å². The second-order valence-corrected chi connectivity index (χ2v) is 8.55. The molecule has 0 aliphatic carbocycles. The zero-order valence-corrected chi connectivity index (χ0v) is 18.5. The van der Waals surface area contributed by atoms with Gasteiger partial charge in [-0.25, -0.2) is 15.0 Å². The summed E-state index contributed by atoms with van der Waals surface area (Å²) >= 11 is 1.62. The van der Waals surface area contributed by atoms with E-state index in [0.717, 1.165) is 56.5 Å². The van der Waals surface area contributed by atoms with Crippen LogP contribution in [-0.2, 0) is 6.42 Å². The molecule has 0 aliphatic heterocycles. The van der Waals surface area contributed by atoms with Crippen molar-refractivity contribution in [2.24, 2.45) is 0 Å². The van der Waals surface area contributed by atoms with Crippen molar-refractivity contribution >= 4 is 34.3 Å². The summed E-state index contributed by atoms with van der Waals surface area (Å²) in [5.41, 5.74) is 5.75. The van der Waals surface area contributed by atoms with Crippen molar-refractivity contribution in [2.75, 3.05) is 7.11 Å². The zero-order valence-electron chi connectivity index (χ0n) is 17.7. The highest BCUT2D eigenvalue weighted by Crippen LogP contribution is 2.35. The average molecular weight is 432 g/mol. The molecule has 0 aliphatic rings. The van der Waals surface area contributed by atoms with Gasteiger partial charge in [-0.1, -0.05) is 6.92 Å². The molecule has 7 nitrogen and oxygen atoms in total. The topological polar surface area (TPSA) is 74.3 Å². The molecule has 0 unspecified atom stereocenters. The van der Waals surface area contributed by atoms with E-state index in [-0.39, 0.29) is 0 Å². The Kier molecular flexibility index (Phi) is 4.59. The molecule has 8 heteroatoms. The Morgan fingerprint density at radius 2 is 2.00 bits per heavy atom.